The van der Waals surface area contributed by atoms with E-state index in [9.17, 15) is 4.79 Å². The lowest BCUT2D eigenvalue weighted by atomic mass is 10.1. The predicted molar refractivity (Wildman–Crippen MR) is 138 cm³/mol. The average Bonchev–Trinajstić information content (AvgIpc) is 2.84. The number of fused-ring (bicyclic) bond motifs is 1. The molecule has 0 unspecified atom stereocenters. The van der Waals surface area contributed by atoms with E-state index in [4.69, 9.17) is 9.15 Å². The van der Waals surface area contributed by atoms with Crippen molar-refractivity contribution in [1.82, 2.24) is 9.80 Å². The minimum atomic E-state index is -0.325. The van der Waals surface area contributed by atoms with E-state index in [1.165, 1.54) is 5.56 Å². The summed E-state index contributed by atoms with van der Waals surface area (Å²) in [5.41, 5.74) is 3.66. The number of hydrogen-bond acceptors (Lipinski definition) is 5. The molecule has 0 N–H and O–H groups in total. The van der Waals surface area contributed by atoms with Crippen LogP contribution in [0.5, 0.6) is 5.75 Å². The lowest BCUT2D eigenvalue weighted by molar-refractivity contribution is 0.122. The van der Waals surface area contributed by atoms with E-state index in [-0.39, 0.29) is 5.63 Å². The first-order valence-electron chi connectivity index (χ1n) is 11.5. The minimum Gasteiger partial charge on any atom is -0.489 e. The molecule has 0 spiro atoms. The number of halogens is 1. The van der Waals surface area contributed by atoms with Crippen LogP contribution in [-0.2, 0) is 19.7 Å². The Morgan fingerprint density at radius 3 is 2.29 bits per heavy atom. The zero-order valence-corrected chi connectivity index (χ0v) is 20.5. The largest absolute Gasteiger partial charge is 0.489 e. The summed E-state index contributed by atoms with van der Waals surface area (Å²) in [6.45, 7) is 6.14. The third kappa shape index (κ3) is 5.76. The number of ether oxygens (including phenoxy) is 1. The molecule has 1 aromatic heterocycles. The quantitative estimate of drug-likeness (QED) is 0.304. The summed E-state index contributed by atoms with van der Waals surface area (Å²) in [7, 11) is 0. The minimum absolute atomic E-state index is 0.325. The Labute approximate surface area is 207 Å². The highest BCUT2D eigenvalue weighted by Gasteiger charge is 2.18. The van der Waals surface area contributed by atoms with Crippen LogP contribution in [0.25, 0.3) is 11.0 Å². The monoisotopic (exact) mass is 518 g/mol. The van der Waals surface area contributed by atoms with Crippen LogP contribution >= 0.6 is 15.9 Å². The molecule has 1 saturated heterocycles. The molecule has 0 bridgehead atoms. The van der Waals surface area contributed by atoms with E-state index < -0.39 is 0 Å². The molecule has 3 aromatic carbocycles. The van der Waals surface area contributed by atoms with Gasteiger partial charge < -0.3 is 9.15 Å². The molecule has 0 saturated carbocycles. The molecule has 1 fully saturated rings. The van der Waals surface area contributed by atoms with Gasteiger partial charge in [0.2, 0.25) is 0 Å². The van der Waals surface area contributed by atoms with Crippen molar-refractivity contribution in [2.75, 3.05) is 26.2 Å². The molecular formula is C28H27BrN2O3. The van der Waals surface area contributed by atoms with Gasteiger partial charge in [0.05, 0.1) is 0 Å². The van der Waals surface area contributed by atoms with Crippen molar-refractivity contribution in [3.05, 3.63) is 110 Å². The second-order valence-corrected chi connectivity index (χ2v) is 9.62. The number of nitrogens with zero attached hydrogens (tertiary/aromatic N) is 2. The lowest BCUT2D eigenvalue weighted by Crippen LogP contribution is -2.45. The van der Waals surface area contributed by atoms with Crippen molar-refractivity contribution in [3.63, 3.8) is 0 Å². The Morgan fingerprint density at radius 2 is 1.53 bits per heavy atom. The van der Waals surface area contributed by atoms with E-state index >= 15 is 0 Å². The Balaban J connectivity index is 1.24. The molecule has 1 aliphatic rings. The molecule has 1 aliphatic heterocycles. The molecular weight excluding hydrogens is 492 g/mol. The number of benzene rings is 3. The molecule has 6 heteroatoms. The maximum absolute atomic E-state index is 12.3. The van der Waals surface area contributed by atoms with E-state index in [0.717, 1.165) is 60.3 Å². The first-order chi connectivity index (χ1) is 16.6. The maximum Gasteiger partial charge on any atom is 0.336 e. The van der Waals surface area contributed by atoms with Crippen LogP contribution in [0, 0.1) is 0 Å². The van der Waals surface area contributed by atoms with E-state index in [0.29, 0.717) is 17.9 Å². The maximum atomic E-state index is 12.3. The highest BCUT2D eigenvalue weighted by atomic mass is 79.9. The summed E-state index contributed by atoms with van der Waals surface area (Å²) in [6, 6.07) is 26.0. The molecule has 0 aliphatic carbocycles. The Hall–Kier alpha value is -2.93. The molecule has 4 aromatic rings. The standard InChI is InChI=1S/C28H27BrN2O3/c29-24-8-4-7-22(15-24)20-33-25-9-10-26-23(16-28(32)34-27(26)17-25)19-31-13-11-30(12-14-31)18-21-5-2-1-3-6-21/h1-10,15-17H,11-14,18-20H2. The third-order valence-electron chi connectivity index (χ3n) is 6.20. The van der Waals surface area contributed by atoms with E-state index in [1.807, 2.05) is 42.5 Å². The fourth-order valence-corrected chi connectivity index (χ4v) is 4.86. The molecule has 5 nitrogen and oxygen atoms in total. The highest BCUT2D eigenvalue weighted by molar-refractivity contribution is 9.10. The second-order valence-electron chi connectivity index (χ2n) is 8.71. The molecule has 0 radical (unpaired) electrons. The fourth-order valence-electron chi connectivity index (χ4n) is 4.41. The molecule has 0 amide bonds. The molecule has 2 heterocycles. The van der Waals surface area contributed by atoms with Gasteiger partial charge in [-0.2, -0.15) is 0 Å². The van der Waals surface area contributed by atoms with Crippen LogP contribution in [0.2, 0.25) is 0 Å². The molecule has 0 atom stereocenters. The van der Waals surface area contributed by atoms with Crippen molar-refractivity contribution >= 4 is 26.9 Å². The lowest BCUT2D eigenvalue weighted by Gasteiger charge is -2.34. The first kappa shape index (κ1) is 22.8. The number of piperazine rings is 1. The SMILES string of the molecule is O=c1cc(CN2CCN(Cc3ccccc3)CC2)c2ccc(OCc3cccc(Br)c3)cc2o1. The van der Waals surface area contributed by atoms with Crippen molar-refractivity contribution in [1.29, 1.82) is 0 Å². The predicted octanol–water partition coefficient (Wildman–Crippen LogP) is 5.45. The summed E-state index contributed by atoms with van der Waals surface area (Å²) in [6.07, 6.45) is 0. The van der Waals surface area contributed by atoms with Gasteiger partial charge in [-0.05, 0) is 41.0 Å². The molecule has 34 heavy (non-hydrogen) atoms. The zero-order valence-electron chi connectivity index (χ0n) is 19.0. The van der Waals surface area contributed by atoms with Crippen molar-refractivity contribution in [2.24, 2.45) is 0 Å². The highest BCUT2D eigenvalue weighted by Crippen LogP contribution is 2.25. The van der Waals surface area contributed by atoms with Crippen molar-refractivity contribution in [2.45, 2.75) is 19.7 Å². The molecule has 174 valence electrons. The fraction of sp³-hybridized carbons (Fsp3) is 0.250. The summed E-state index contributed by atoms with van der Waals surface area (Å²) >= 11 is 3.48. The smallest absolute Gasteiger partial charge is 0.336 e. The van der Waals surface area contributed by atoms with Gasteiger partial charge in [-0.3, -0.25) is 9.80 Å². The normalized spacial score (nSPS) is 15.0. The van der Waals surface area contributed by atoms with E-state index in [2.05, 4.69) is 56.1 Å². The Bertz CT molecular complexity index is 1310. The first-order valence-corrected chi connectivity index (χ1v) is 12.3. The third-order valence-corrected chi connectivity index (χ3v) is 6.70. The summed E-state index contributed by atoms with van der Waals surface area (Å²) in [4.78, 5) is 17.2. The van der Waals surface area contributed by atoms with Crippen LogP contribution in [-0.4, -0.2) is 36.0 Å². The van der Waals surface area contributed by atoms with Gasteiger partial charge in [-0.1, -0.05) is 58.4 Å². The summed E-state index contributed by atoms with van der Waals surface area (Å²) in [5.74, 6) is 0.683. The second kappa shape index (κ2) is 10.6. The van der Waals surface area contributed by atoms with Gasteiger partial charge in [-0.15, -0.1) is 0 Å². The van der Waals surface area contributed by atoms with Gasteiger partial charge in [0, 0.05) is 61.3 Å². The van der Waals surface area contributed by atoms with Crippen LogP contribution in [0.3, 0.4) is 0 Å². The van der Waals surface area contributed by atoms with Crippen LogP contribution < -0.4 is 10.4 Å². The van der Waals surface area contributed by atoms with Crippen molar-refractivity contribution in [3.8, 4) is 5.75 Å². The topological polar surface area (TPSA) is 45.9 Å². The van der Waals surface area contributed by atoms with Crippen LogP contribution in [0.15, 0.2) is 92.5 Å². The summed E-state index contributed by atoms with van der Waals surface area (Å²) in [5, 5.41) is 0.959. The van der Waals surface area contributed by atoms with Gasteiger partial charge >= 0.3 is 5.63 Å². The van der Waals surface area contributed by atoms with Crippen LogP contribution in [0.4, 0.5) is 0 Å². The van der Waals surface area contributed by atoms with Gasteiger partial charge in [0.1, 0.15) is 17.9 Å². The number of rotatable bonds is 7. The van der Waals surface area contributed by atoms with E-state index in [1.54, 1.807) is 6.07 Å². The van der Waals surface area contributed by atoms with Gasteiger partial charge in [-0.25, -0.2) is 4.79 Å². The Kier molecular flexibility index (Phi) is 7.09. The van der Waals surface area contributed by atoms with Gasteiger partial charge in [0.25, 0.3) is 0 Å². The average molecular weight is 519 g/mol. The number of hydrogen-bond donors (Lipinski definition) is 0. The summed E-state index contributed by atoms with van der Waals surface area (Å²) < 4.78 is 12.5. The van der Waals surface area contributed by atoms with Gasteiger partial charge in [0.15, 0.2) is 0 Å². The molecule has 5 rings (SSSR count). The van der Waals surface area contributed by atoms with Crippen LogP contribution in [0.1, 0.15) is 16.7 Å². The zero-order chi connectivity index (χ0) is 23.3. The van der Waals surface area contributed by atoms with Crippen molar-refractivity contribution < 1.29 is 9.15 Å². The Morgan fingerprint density at radius 1 is 0.794 bits per heavy atom.